The van der Waals surface area contributed by atoms with Crippen LogP contribution in [0.15, 0.2) is 22.7 Å². The Kier molecular flexibility index (Phi) is 4.81. The number of nitrogens with zero attached hydrogens (tertiary/aromatic N) is 3. The van der Waals surface area contributed by atoms with E-state index in [4.69, 9.17) is 11.6 Å². The third kappa shape index (κ3) is 2.78. The van der Waals surface area contributed by atoms with E-state index in [0.717, 1.165) is 34.7 Å². The van der Waals surface area contributed by atoms with Gasteiger partial charge in [-0.05, 0) is 40.5 Å². The molecule has 2 aromatic rings. The van der Waals surface area contributed by atoms with Crippen molar-refractivity contribution < 1.29 is 0 Å². The van der Waals surface area contributed by atoms with Gasteiger partial charge in [-0.2, -0.15) is 0 Å². The number of hydrogen-bond acceptors (Lipinski definition) is 2. The molecule has 0 saturated carbocycles. The molecule has 0 atom stereocenters. The molecule has 0 fully saturated rings. The molecule has 0 saturated heterocycles. The van der Waals surface area contributed by atoms with Crippen LogP contribution in [-0.2, 0) is 11.9 Å². The van der Waals surface area contributed by atoms with E-state index in [2.05, 4.69) is 53.5 Å². The normalized spacial score (nSPS) is 10.9. The molecule has 1 heterocycles. The van der Waals surface area contributed by atoms with Gasteiger partial charge < -0.3 is 4.57 Å². The Morgan fingerprint density at radius 3 is 2.72 bits per heavy atom. The van der Waals surface area contributed by atoms with Crippen LogP contribution >= 0.6 is 43.5 Å². The van der Waals surface area contributed by atoms with Gasteiger partial charge in [-0.15, -0.1) is 10.2 Å². The standard InChI is InChI=1S/C12H12Br2ClN3/c1-2-5-18-11(7-13)16-17-12(18)8-3-4-10(15)9(14)6-8/h3-4,6H,2,5,7H2,1H3. The molecule has 18 heavy (non-hydrogen) atoms. The van der Waals surface area contributed by atoms with E-state index in [1.165, 1.54) is 0 Å². The fraction of sp³-hybridized carbons (Fsp3) is 0.333. The van der Waals surface area contributed by atoms with Gasteiger partial charge >= 0.3 is 0 Å². The summed E-state index contributed by atoms with van der Waals surface area (Å²) < 4.78 is 3.00. The van der Waals surface area contributed by atoms with Gasteiger partial charge in [0.25, 0.3) is 0 Å². The molecule has 0 aliphatic rings. The fourth-order valence-electron chi connectivity index (χ4n) is 1.74. The molecular formula is C12H12Br2ClN3. The van der Waals surface area contributed by atoms with Gasteiger partial charge in [-0.3, -0.25) is 0 Å². The van der Waals surface area contributed by atoms with Crippen molar-refractivity contribution in [2.45, 2.75) is 25.2 Å². The van der Waals surface area contributed by atoms with Gasteiger partial charge in [-0.1, -0.05) is 34.5 Å². The molecule has 1 aromatic carbocycles. The van der Waals surface area contributed by atoms with Gasteiger partial charge in [0.2, 0.25) is 0 Å². The van der Waals surface area contributed by atoms with Crippen molar-refractivity contribution >= 4 is 43.5 Å². The second-order valence-electron chi connectivity index (χ2n) is 3.85. The second-order valence-corrected chi connectivity index (χ2v) is 5.68. The van der Waals surface area contributed by atoms with Crippen LogP contribution in [0.1, 0.15) is 19.2 Å². The van der Waals surface area contributed by atoms with Gasteiger partial charge in [0, 0.05) is 16.6 Å². The Labute approximate surface area is 128 Å². The summed E-state index contributed by atoms with van der Waals surface area (Å²) in [5.41, 5.74) is 1.01. The van der Waals surface area contributed by atoms with E-state index in [-0.39, 0.29) is 0 Å². The number of rotatable bonds is 4. The van der Waals surface area contributed by atoms with E-state index in [0.29, 0.717) is 10.4 Å². The average Bonchev–Trinajstić information content (AvgIpc) is 2.76. The predicted molar refractivity (Wildman–Crippen MR) is 81.1 cm³/mol. The van der Waals surface area contributed by atoms with Gasteiger partial charge in [-0.25, -0.2) is 0 Å². The molecule has 96 valence electrons. The third-order valence-corrected chi connectivity index (χ3v) is 4.29. The lowest BCUT2D eigenvalue weighted by Crippen LogP contribution is -2.03. The maximum absolute atomic E-state index is 6.00. The van der Waals surface area contributed by atoms with Gasteiger partial charge in [0.15, 0.2) is 5.82 Å². The van der Waals surface area contributed by atoms with Crippen LogP contribution in [0.3, 0.4) is 0 Å². The van der Waals surface area contributed by atoms with Crippen molar-refractivity contribution in [1.82, 2.24) is 14.8 Å². The summed E-state index contributed by atoms with van der Waals surface area (Å²) >= 11 is 12.9. The third-order valence-electron chi connectivity index (χ3n) is 2.57. The van der Waals surface area contributed by atoms with Gasteiger partial charge in [0.1, 0.15) is 5.82 Å². The quantitative estimate of drug-likeness (QED) is 0.707. The van der Waals surface area contributed by atoms with Crippen LogP contribution in [0.2, 0.25) is 5.02 Å². The zero-order chi connectivity index (χ0) is 13.1. The lowest BCUT2D eigenvalue weighted by Gasteiger charge is -2.08. The van der Waals surface area contributed by atoms with Crippen LogP contribution in [0, 0.1) is 0 Å². The molecule has 0 N–H and O–H groups in total. The van der Waals surface area contributed by atoms with Crippen LogP contribution < -0.4 is 0 Å². The monoisotopic (exact) mass is 391 g/mol. The van der Waals surface area contributed by atoms with Crippen LogP contribution in [0.25, 0.3) is 11.4 Å². The number of halogens is 3. The fourth-order valence-corrected chi connectivity index (χ4v) is 2.65. The van der Waals surface area contributed by atoms with Crippen LogP contribution in [-0.4, -0.2) is 14.8 Å². The molecule has 0 unspecified atom stereocenters. The molecular weight excluding hydrogens is 381 g/mol. The summed E-state index contributed by atoms with van der Waals surface area (Å²) in [6.07, 6.45) is 1.04. The Balaban J connectivity index is 2.49. The highest BCUT2D eigenvalue weighted by Gasteiger charge is 2.13. The highest BCUT2D eigenvalue weighted by molar-refractivity contribution is 9.10. The minimum absolute atomic E-state index is 0.695. The van der Waals surface area contributed by atoms with E-state index >= 15 is 0 Å². The maximum Gasteiger partial charge on any atom is 0.164 e. The Morgan fingerprint density at radius 1 is 1.33 bits per heavy atom. The van der Waals surface area contributed by atoms with Crippen LogP contribution in [0.5, 0.6) is 0 Å². The topological polar surface area (TPSA) is 30.7 Å². The highest BCUT2D eigenvalue weighted by atomic mass is 79.9. The summed E-state index contributed by atoms with van der Waals surface area (Å²) in [4.78, 5) is 0. The highest BCUT2D eigenvalue weighted by Crippen LogP contribution is 2.28. The molecule has 0 spiro atoms. The van der Waals surface area contributed by atoms with Crippen molar-refractivity contribution in [3.8, 4) is 11.4 Å². The summed E-state index contributed by atoms with van der Waals surface area (Å²) in [6.45, 7) is 3.04. The summed E-state index contributed by atoms with van der Waals surface area (Å²) in [6, 6.07) is 5.79. The molecule has 6 heteroatoms. The Morgan fingerprint density at radius 2 is 2.11 bits per heavy atom. The number of aromatic nitrogens is 3. The van der Waals surface area contributed by atoms with Crippen molar-refractivity contribution in [1.29, 1.82) is 0 Å². The molecule has 3 nitrogen and oxygen atoms in total. The molecule has 0 aliphatic carbocycles. The first-order valence-electron chi connectivity index (χ1n) is 5.60. The lowest BCUT2D eigenvalue weighted by atomic mass is 10.2. The zero-order valence-electron chi connectivity index (χ0n) is 9.83. The van der Waals surface area contributed by atoms with E-state index in [1.54, 1.807) is 0 Å². The van der Waals surface area contributed by atoms with E-state index in [9.17, 15) is 0 Å². The van der Waals surface area contributed by atoms with Crippen molar-refractivity contribution in [3.05, 3.63) is 33.5 Å². The predicted octanol–water partition coefficient (Wildman–Crippen LogP) is 4.67. The molecule has 0 amide bonds. The lowest BCUT2D eigenvalue weighted by molar-refractivity contribution is 0.661. The van der Waals surface area contributed by atoms with Crippen molar-refractivity contribution in [2.75, 3.05) is 0 Å². The first-order valence-corrected chi connectivity index (χ1v) is 7.90. The minimum atomic E-state index is 0.695. The molecule has 0 aliphatic heterocycles. The Hall–Kier alpha value is -0.390. The zero-order valence-corrected chi connectivity index (χ0v) is 13.8. The average molecular weight is 394 g/mol. The minimum Gasteiger partial charge on any atom is -0.310 e. The van der Waals surface area contributed by atoms with Crippen molar-refractivity contribution in [3.63, 3.8) is 0 Å². The maximum atomic E-state index is 6.00. The summed E-state index contributed by atoms with van der Waals surface area (Å²) in [5, 5.41) is 9.86. The first kappa shape index (κ1) is 14.0. The Bertz CT molecular complexity index is 554. The number of alkyl halides is 1. The number of hydrogen-bond donors (Lipinski definition) is 0. The smallest absolute Gasteiger partial charge is 0.164 e. The molecule has 0 radical (unpaired) electrons. The molecule has 2 rings (SSSR count). The summed E-state index contributed by atoms with van der Waals surface area (Å²) in [7, 11) is 0. The largest absolute Gasteiger partial charge is 0.310 e. The van der Waals surface area contributed by atoms with E-state index < -0.39 is 0 Å². The van der Waals surface area contributed by atoms with E-state index in [1.807, 2.05) is 18.2 Å². The van der Waals surface area contributed by atoms with Gasteiger partial charge in [0.05, 0.1) is 10.4 Å². The SMILES string of the molecule is CCCn1c(CBr)nnc1-c1ccc(Cl)c(Br)c1. The van der Waals surface area contributed by atoms with Crippen molar-refractivity contribution in [2.24, 2.45) is 0 Å². The molecule has 0 bridgehead atoms. The van der Waals surface area contributed by atoms with Crippen LogP contribution in [0.4, 0.5) is 0 Å². The number of benzene rings is 1. The second kappa shape index (κ2) is 6.17. The summed E-state index contributed by atoms with van der Waals surface area (Å²) in [5.74, 6) is 1.82. The molecule has 1 aromatic heterocycles. The first-order chi connectivity index (χ1) is 8.67.